The number of likely N-dealkylation sites (N-methyl/N-ethyl adjacent to an activating group) is 1. The lowest BCUT2D eigenvalue weighted by Crippen LogP contribution is -2.30. The first-order chi connectivity index (χ1) is 10.7. The Morgan fingerprint density at radius 2 is 2.14 bits per heavy atom. The van der Waals surface area contributed by atoms with Crippen molar-refractivity contribution in [1.82, 2.24) is 15.1 Å². The van der Waals surface area contributed by atoms with Gasteiger partial charge in [0.2, 0.25) is 11.0 Å². The summed E-state index contributed by atoms with van der Waals surface area (Å²) in [5, 5.41) is 12.8. The average Bonchev–Trinajstić information content (AvgIpc) is 2.96. The van der Waals surface area contributed by atoms with Crippen LogP contribution in [-0.4, -0.2) is 47.4 Å². The van der Waals surface area contributed by atoms with Crippen LogP contribution in [-0.2, 0) is 9.59 Å². The lowest BCUT2D eigenvalue weighted by molar-refractivity contribution is -0.117. The van der Waals surface area contributed by atoms with Gasteiger partial charge in [0.25, 0.3) is 0 Å². The molecule has 1 amide bonds. The second-order valence-electron chi connectivity index (χ2n) is 5.88. The molecule has 122 valence electrons. The maximum Gasteiger partial charge on any atom is 0.240 e. The van der Waals surface area contributed by atoms with Gasteiger partial charge in [-0.15, -0.1) is 10.2 Å². The number of unbranched alkanes of at least 4 members (excludes halogenated alkanes) is 1. The number of nitrogens with one attached hydrogen (secondary N) is 1. The number of carbonyl (C=O) groups excluding carboxylic acids is 2. The van der Waals surface area contributed by atoms with Crippen LogP contribution in [0, 0.1) is 0 Å². The van der Waals surface area contributed by atoms with Crippen LogP contribution in [0.15, 0.2) is 0 Å². The molecule has 22 heavy (non-hydrogen) atoms. The van der Waals surface area contributed by atoms with E-state index in [4.69, 9.17) is 0 Å². The summed E-state index contributed by atoms with van der Waals surface area (Å²) in [6.45, 7) is 1.03. The van der Waals surface area contributed by atoms with E-state index in [-0.39, 0.29) is 5.91 Å². The van der Waals surface area contributed by atoms with Gasteiger partial charge < -0.3 is 4.79 Å². The van der Waals surface area contributed by atoms with Gasteiger partial charge in [0.1, 0.15) is 11.3 Å². The summed E-state index contributed by atoms with van der Waals surface area (Å²) in [7, 11) is 1.87. The first kappa shape index (κ1) is 17.0. The molecule has 1 saturated carbocycles. The van der Waals surface area contributed by atoms with E-state index < -0.39 is 0 Å². The summed E-state index contributed by atoms with van der Waals surface area (Å²) in [6.07, 6.45) is 8.42. The topological polar surface area (TPSA) is 75.2 Å². The molecule has 0 atom stereocenters. The highest BCUT2D eigenvalue weighted by Crippen LogP contribution is 2.35. The van der Waals surface area contributed by atoms with Gasteiger partial charge >= 0.3 is 0 Å². The highest BCUT2D eigenvalue weighted by Gasteiger charge is 2.20. The van der Waals surface area contributed by atoms with E-state index in [0.717, 1.165) is 24.3 Å². The molecule has 0 aliphatic heterocycles. The van der Waals surface area contributed by atoms with Crippen molar-refractivity contribution in [2.24, 2.45) is 0 Å². The zero-order valence-electron chi connectivity index (χ0n) is 13.1. The summed E-state index contributed by atoms with van der Waals surface area (Å²) >= 11 is 1.50. The molecule has 1 aromatic rings. The molecule has 1 aliphatic carbocycles. The minimum Gasteiger partial charge on any atom is -0.303 e. The second kappa shape index (κ2) is 8.95. The Morgan fingerprint density at radius 1 is 1.36 bits per heavy atom. The van der Waals surface area contributed by atoms with Crippen LogP contribution >= 0.6 is 11.3 Å². The first-order valence-corrected chi connectivity index (χ1v) is 8.76. The third-order valence-electron chi connectivity index (χ3n) is 3.92. The summed E-state index contributed by atoms with van der Waals surface area (Å²) < 4.78 is 0. The van der Waals surface area contributed by atoms with Crippen molar-refractivity contribution in [3.63, 3.8) is 0 Å². The predicted molar refractivity (Wildman–Crippen MR) is 87.2 cm³/mol. The van der Waals surface area contributed by atoms with Gasteiger partial charge in [-0.05, 0) is 32.9 Å². The Kier molecular flexibility index (Phi) is 6.92. The zero-order chi connectivity index (χ0) is 15.8. The number of carbonyl (C=O) groups is 2. The van der Waals surface area contributed by atoms with Crippen molar-refractivity contribution in [2.75, 3.05) is 25.5 Å². The van der Waals surface area contributed by atoms with Gasteiger partial charge in [0.05, 0.1) is 6.54 Å². The standard InChI is InChI=1S/C15H24N4O2S/c1-19(9-5-6-10-20)11-13(21)16-15-18-17-14(22-15)12-7-3-2-4-8-12/h10,12H,2-9,11H2,1H3,(H,16,18,21). The highest BCUT2D eigenvalue weighted by atomic mass is 32.1. The summed E-state index contributed by atoms with van der Waals surface area (Å²) in [5.41, 5.74) is 0. The first-order valence-electron chi connectivity index (χ1n) is 7.94. The van der Waals surface area contributed by atoms with Crippen LogP contribution in [0.25, 0.3) is 0 Å². The molecule has 6 nitrogen and oxygen atoms in total. The third kappa shape index (κ3) is 5.46. The minimum absolute atomic E-state index is 0.0834. The Labute approximate surface area is 135 Å². The largest absolute Gasteiger partial charge is 0.303 e. The number of nitrogens with zero attached hydrogens (tertiary/aromatic N) is 3. The number of aromatic nitrogens is 2. The third-order valence-corrected chi connectivity index (χ3v) is 4.92. The average molecular weight is 324 g/mol. The second-order valence-corrected chi connectivity index (χ2v) is 6.88. The quantitative estimate of drug-likeness (QED) is 0.587. The monoisotopic (exact) mass is 324 g/mol. The van der Waals surface area contributed by atoms with Crippen LogP contribution in [0.1, 0.15) is 55.9 Å². The van der Waals surface area contributed by atoms with Crippen molar-refractivity contribution in [3.05, 3.63) is 5.01 Å². The van der Waals surface area contributed by atoms with Crippen LogP contribution < -0.4 is 5.32 Å². The number of aldehydes is 1. The van der Waals surface area contributed by atoms with Gasteiger partial charge in [-0.2, -0.15) is 0 Å². The Balaban J connectivity index is 1.76. The molecular formula is C15H24N4O2S. The van der Waals surface area contributed by atoms with Crippen molar-refractivity contribution in [2.45, 2.75) is 50.9 Å². The molecule has 1 aliphatic rings. The molecule has 0 bridgehead atoms. The number of amides is 1. The van der Waals surface area contributed by atoms with Gasteiger partial charge in [0, 0.05) is 12.3 Å². The maximum atomic E-state index is 12.0. The van der Waals surface area contributed by atoms with E-state index in [1.165, 1.54) is 43.4 Å². The number of anilines is 1. The molecular weight excluding hydrogens is 300 g/mol. The fourth-order valence-electron chi connectivity index (χ4n) is 2.73. The van der Waals surface area contributed by atoms with E-state index in [1.54, 1.807) is 0 Å². The van der Waals surface area contributed by atoms with Crippen molar-refractivity contribution in [1.29, 1.82) is 0 Å². The molecule has 0 saturated heterocycles. The predicted octanol–water partition coefficient (Wildman–Crippen LogP) is 2.44. The van der Waals surface area contributed by atoms with Gasteiger partial charge in [-0.3, -0.25) is 15.0 Å². The zero-order valence-corrected chi connectivity index (χ0v) is 13.9. The molecule has 1 N–H and O–H groups in total. The van der Waals surface area contributed by atoms with Gasteiger partial charge in [0.15, 0.2) is 0 Å². The van der Waals surface area contributed by atoms with E-state index in [1.807, 2.05) is 11.9 Å². The number of rotatable bonds is 8. The number of hydrogen-bond donors (Lipinski definition) is 1. The maximum absolute atomic E-state index is 12.0. The SMILES string of the molecule is CN(CCCC=O)CC(=O)Nc1nnc(C2CCCCC2)s1. The van der Waals surface area contributed by atoms with Crippen molar-refractivity contribution < 1.29 is 9.59 Å². The van der Waals surface area contributed by atoms with Crippen LogP contribution in [0.2, 0.25) is 0 Å². The smallest absolute Gasteiger partial charge is 0.240 e. The lowest BCUT2D eigenvalue weighted by atomic mass is 9.90. The highest BCUT2D eigenvalue weighted by molar-refractivity contribution is 7.15. The van der Waals surface area contributed by atoms with Crippen molar-refractivity contribution >= 4 is 28.7 Å². The fraction of sp³-hybridized carbons (Fsp3) is 0.733. The summed E-state index contributed by atoms with van der Waals surface area (Å²) in [4.78, 5) is 24.1. The fourth-order valence-corrected chi connectivity index (χ4v) is 3.66. The normalized spacial score (nSPS) is 15.9. The lowest BCUT2D eigenvalue weighted by Gasteiger charge is -2.18. The van der Waals surface area contributed by atoms with Crippen LogP contribution in [0.3, 0.4) is 0 Å². The Morgan fingerprint density at radius 3 is 2.86 bits per heavy atom. The molecule has 1 heterocycles. The van der Waals surface area contributed by atoms with Crippen LogP contribution in [0.4, 0.5) is 5.13 Å². The number of hydrogen-bond acceptors (Lipinski definition) is 6. The van der Waals surface area contributed by atoms with E-state index in [2.05, 4.69) is 15.5 Å². The van der Waals surface area contributed by atoms with E-state index >= 15 is 0 Å². The summed E-state index contributed by atoms with van der Waals surface area (Å²) in [5.74, 6) is 0.433. The molecule has 0 spiro atoms. The van der Waals surface area contributed by atoms with E-state index in [0.29, 0.717) is 24.0 Å². The Hall–Kier alpha value is -1.34. The van der Waals surface area contributed by atoms with E-state index in [9.17, 15) is 9.59 Å². The molecule has 2 rings (SSSR count). The van der Waals surface area contributed by atoms with Gasteiger partial charge in [-0.25, -0.2) is 0 Å². The summed E-state index contributed by atoms with van der Waals surface area (Å²) in [6, 6.07) is 0. The molecule has 1 fully saturated rings. The molecule has 7 heteroatoms. The van der Waals surface area contributed by atoms with Crippen molar-refractivity contribution in [3.8, 4) is 0 Å². The Bertz CT molecular complexity index is 486. The van der Waals surface area contributed by atoms with Crippen LogP contribution in [0.5, 0.6) is 0 Å². The van der Waals surface area contributed by atoms with Gasteiger partial charge in [-0.1, -0.05) is 30.6 Å². The minimum atomic E-state index is -0.0834. The molecule has 0 radical (unpaired) electrons. The molecule has 0 aromatic carbocycles. The molecule has 0 unspecified atom stereocenters. The molecule has 1 aromatic heterocycles.